The lowest BCUT2D eigenvalue weighted by atomic mass is 10.2. The molecule has 0 saturated heterocycles. The molecular formula is C18H16FN3O4. The first-order chi connectivity index (χ1) is 12.5. The van der Waals surface area contributed by atoms with Crippen molar-refractivity contribution in [1.29, 1.82) is 0 Å². The van der Waals surface area contributed by atoms with E-state index in [1.54, 1.807) is 29.1 Å². The Morgan fingerprint density at radius 3 is 2.65 bits per heavy atom. The minimum absolute atomic E-state index is 0.0209. The van der Waals surface area contributed by atoms with Crippen molar-refractivity contribution in [2.24, 2.45) is 0 Å². The van der Waals surface area contributed by atoms with E-state index in [1.807, 2.05) is 0 Å². The van der Waals surface area contributed by atoms with Gasteiger partial charge >= 0.3 is 6.09 Å². The Hall–Kier alpha value is -3.42. The Labute approximate surface area is 148 Å². The van der Waals surface area contributed by atoms with Crippen LogP contribution in [0.3, 0.4) is 0 Å². The third-order valence-electron chi connectivity index (χ3n) is 3.48. The Morgan fingerprint density at radius 2 is 1.96 bits per heavy atom. The highest BCUT2D eigenvalue weighted by molar-refractivity contribution is 5.91. The second-order valence-corrected chi connectivity index (χ2v) is 5.55. The molecule has 0 bridgehead atoms. The first kappa shape index (κ1) is 17.4. The maximum Gasteiger partial charge on any atom is 0.413 e. The molecule has 1 amide bonds. The minimum Gasteiger partial charge on any atom is -0.456 e. The summed E-state index contributed by atoms with van der Waals surface area (Å²) in [5.74, 6) is 0.671. The third kappa shape index (κ3) is 4.56. The molecule has 2 heterocycles. The number of anilines is 1. The van der Waals surface area contributed by atoms with Crippen molar-refractivity contribution in [2.75, 3.05) is 5.32 Å². The number of carbonyl (C=O) groups excluding carboxylic acids is 2. The van der Waals surface area contributed by atoms with Gasteiger partial charge in [0.25, 0.3) is 0 Å². The highest BCUT2D eigenvalue weighted by Gasteiger charge is 2.09. The molecule has 0 aliphatic rings. The van der Waals surface area contributed by atoms with Crippen molar-refractivity contribution in [3.63, 3.8) is 0 Å². The summed E-state index contributed by atoms with van der Waals surface area (Å²) in [5.41, 5.74) is 0.672. The van der Waals surface area contributed by atoms with Gasteiger partial charge in [-0.05, 0) is 29.8 Å². The predicted molar refractivity (Wildman–Crippen MR) is 90.2 cm³/mol. The molecule has 8 heteroatoms. The van der Waals surface area contributed by atoms with Crippen molar-refractivity contribution in [3.05, 3.63) is 71.6 Å². The average molecular weight is 357 g/mol. The number of halogens is 1. The van der Waals surface area contributed by atoms with Gasteiger partial charge in [0.15, 0.2) is 17.4 Å². The number of nitrogens with one attached hydrogen (secondary N) is 1. The lowest BCUT2D eigenvalue weighted by Crippen LogP contribution is -2.14. The monoisotopic (exact) mass is 357 g/mol. The molecule has 0 fully saturated rings. The SMILES string of the molecule is CC(=O)c1ccc(Cn2ccc(NC(=O)OCc3ccc(F)cc3)n2)o1. The summed E-state index contributed by atoms with van der Waals surface area (Å²) in [5, 5.41) is 6.68. The molecule has 26 heavy (non-hydrogen) atoms. The van der Waals surface area contributed by atoms with E-state index < -0.39 is 6.09 Å². The number of amides is 1. The molecular weight excluding hydrogens is 341 g/mol. The fourth-order valence-electron chi connectivity index (χ4n) is 2.20. The number of benzene rings is 1. The van der Waals surface area contributed by atoms with Crippen LogP contribution in [-0.2, 0) is 17.9 Å². The number of nitrogens with zero attached hydrogens (tertiary/aromatic N) is 2. The molecule has 0 aliphatic heterocycles. The lowest BCUT2D eigenvalue weighted by Gasteiger charge is -2.05. The van der Waals surface area contributed by atoms with E-state index in [0.717, 1.165) is 0 Å². The molecule has 0 radical (unpaired) electrons. The summed E-state index contributed by atoms with van der Waals surface area (Å²) >= 11 is 0. The Balaban J connectivity index is 1.51. The number of Topliss-reactive ketones (excluding diaryl/α,β-unsaturated/α-hetero) is 1. The molecule has 2 aromatic heterocycles. The highest BCUT2D eigenvalue weighted by atomic mass is 19.1. The van der Waals surface area contributed by atoms with Crippen LogP contribution >= 0.6 is 0 Å². The molecule has 3 aromatic rings. The standard InChI is InChI=1S/C18H16FN3O4/c1-12(23)16-7-6-15(26-16)10-22-9-8-17(21-22)20-18(24)25-11-13-2-4-14(19)5-3-13/h2-9H,10-11H2,1H3,(H,20,21,24). The first-order valence-electron chi connectivity index (χ1n) is 7.81. The highest BCUT2D eigenvalue weighted by Crippen LogP contribution is 2.12. The second-order valence-electron chi connectivity index (χ2n) is 5.55. The molecule has 1 aromatic carbocycles. The lowest BCUT2D eigenvalue weighted by molar-refractivity contribution is 0.0985. The van der Waals surface area contributed by atoms with Gasteiger partial charge in [0.05, 0.1) is 6.54 Å². The van der Waals surface area contributed by atoms with Gasteiger partial charge in [0, 0.05) is 19.2 Å². The number of furan rings is 1. The number of hydrogen-bond donors (Lipinski definition) is 1. The van der Waals surface area contributed by atoms with Gasteiger partial charge in [-0.25, -0.2) is 9.18 Å². The van der Waals surface area contributed by atoms with E-state index in [-0.39, 0.29) is 24.0 Å². The zero-order chi connectivity index (χ0) is 18.5. The minimum atomic E-state index is -0.670. The Morgan fingerprint density at radius 1 is 1.19 bits per heavy atom. The van der Waals surface area contributed by atoms with E-state index >= 15 is 0 Å². The molecule has 0 aliphatic carbocycles. The summed E-state index contributed by atoms with van der Waals surface area (Å²) in [4.78, 5) is 23.0. The van der Waals surface area contributed by atoms with Crippen molar-refractivity contribution in [2.45, 2.75) is 20.1 Å². The van der Waals surface area contributed by atoms with Gasteiger partial charge in [-0.1, -0.05) is 12.1 Å². The van der Waals surface area contributed by atoms with Crippen LogP contribution in [-0.4, -0.2) is 21.7 Å². The van der Waals surface area contributed by atoms with E-state index in [0.29, 0.717) is 23.7 Å². The molecule has 1 N–H and O–H groups in total. The van der Waals surface area contributed by atoms with Crippen LogP contribution in [0, 0.1) is 5.82 Å². The smallest absolute Gasteiger partial charge is 0.413 e. The molecule has 0 atom stereocenters. The van der Waals surface area contributed by atoms with E-state index in [9.17, 15) is 14.0 Å². The third-order valence-corrected chi connectivity index (χ3v) is 3.48. The van der Waals surface area contributed by atoms with Gasteiger partial charge < -0.3 is 9.15 Å². The van der Waals surface area contributed by atoms with Crippen LogP contribution in [0.1, 0.15) is 28.8 Å². The average Bonchev–Trinajstić information content (AvgIpc) is 3.24. The van der Waals surface area contributed by atoms with Crippen LogP contribution < -0.4 is 5.32 Å². The molecule has 7 nitrogen and oxygen atoms in total. The molecule has 3 rings (SSSR count). The quantitative estimate of drug-likeness (QED) is 0.681. The van der Waals surface area contributed by atoms with Gasteiger partial charge in [0.1, 0.15) is 18.2 Å². The summed E-state index contributed by atoms with van der Waals surface area (Å²) in [7, 11) is 0. The van der Waals surface area contributed by atoms with Gasteiger partial charge in [0.2, 0.25) is 0 Å². The van der Waals surface area contributed by atoms with E-state index in [1.165, 1.54) is 31.2 Å². The topological polar surface area (TPSA) is 86.4 Å². The largest absolute Gasteiger partial charge is 0.456 e. The number of ketones is 1. The number of carbonyl (C=O) groups is 2. The second kappa shape index (κ2) is 7.64. The number of ether oxygens (including phenoxy) is 1. The Kier molecular flexibility index (Phi) is 5.12. The van der Waals surface area contributed by atoms with Crippen LogP contribution in [0.2, 0.25) is 0 Å². The number of hydrogen-bond acceptors (Lipinski definition) is 5. The maximum absolute atomic E-state index is 12.8. The predicted octanol–water partition coefficient (Wildman–Crippen LogP) is 3.61. The summed E-state index contributed by atoms with van der Waals surface area (Å²) in [6, 6.07) is 10.6. The van der Waals surface area contributed by atoms with Crippen LogP contribution in [0.5, 0.6) is 0 Å². The fraction of sp³-hybridized carbons (Fsp3) is 0.167. The van der Waals surface area contributed by atoms with Crippen molar-refractivity contribution < 1.29 is 23.1 Å². The van der Waals surface area contributed by atoms with E-state index in [2.05, 4.69) is 10.4 Å². The summed E-state index contributed by atoms with van der Waals surface area (Å²) in [6.45, 7) is 1.77. The first-order valence-corrected chi connectivity index (χ1v) is 7.81. The Bertz CT molecular complexity index is 915. The summed E-state index contributed by atoms with van der Waals surface area (Å²) in [6.07, 6.45) is 0.988. The van der Waals surface area contributed by atoms with Crippen LogP contribution in [0.25, 0.3) is 0 Å². The molecule has 134 valence electrons. The number of aromatic nitrogens is 2. The maximum atomic E-state index is 12.8. The molecule has 0 unspecified atom stereocenters. The number of rotatable bonds is 6. The van der Waals surface area contributed by atoms with Crippen molar-refractivity contribution in [1.82, 2.24) is 9.78 Å². The zero-order valence-electron chi connectivity index (χ0n) is 13.9. The normalized spacial score (nSPS) is 10.5. The van der Waals surface area contributed by atoms with Crippen LogP contribution in [0.15, 0.2) is 53.1 Å². The fourth-order valence-corrected chi connectivity index (χ4v) is 2.20. The van der Waals surface area contributed by atoms with Crippen molar-refractivity contribution >= 4 is 17.7 Å². The van der Waals surface area contributed by atoms with Gasteiger partial charge in [-0.2, -0.15) is 5.10 Å². The molecule has 0 saturated carbocycles. The molecule has 0 spiro atoms. The van der Waals surface area contributed by atoms with Crippen LogP contribution in [0.4, 0.5) is 15.0 Å². The van der Waals surface area contributed by atoms with Gasteiger partial charge in [-0.3, -0.25) is 14.8 Å². The van der Waals surface area contributed by atoms with Gasteiger partial charge in [-0.15, -0.1) is 0 Å². The zero-order valence-corrected chi connectivity index (χ0v) is 13.9. The van der Waals surface area contributed by atoms with E-state index in [4.69, 9.17) is 9.15 Å². The van der Waals surface area contributed by atoms with Crippen molar-refractivity contribution in [3.8, 4) is 0 Å². The summed E-state index contributed by atoms with van der Waals surface area (Å²) < 4.78 is 24.8.